The zero-order valence-electron chi connectivity index (χ0n) is 14.8. The molecule has 4 heterocycles. The summed E-state index contributed by atoms with van der Waals surface area (Å²) < 4.78 is 0. The van der Waals surface area contributed by atoms with E-state index in [0.29, 0.717) is 6.54 Å². The number of amides is 1. The largest absolute Gasteiger partial charge is 0.355 e. The molecule has 1 unspecified atom stereocenters. The van der Waals surface area contributed by atoms with Crippen LogP contribution in [0.15, 0.2) is 29.9 Å². The van der Waals surface area contributed by atoms with Crippen LogP contribution in [0.1, 0.15) is 29.5 Å². The smallest absolute Gasteiger partial charge is 0.225 e. The lowest BCUT2D eigenvalue weighted by atomic mass is 9.97. The highest BCUT2D eigenvalue weighted by Gasteiger charge is 2.27. The fraction of sp³-hybridized carbons (Fsp3) is 0.421. The van der Waals surface area contributed by atoms with E-state index >= 15 is 0 Å². The second kappa shape index (κ2) is 7.72. The van der Waals surface area contributed by atoms with Gasteiger partial charge in [-0.3, -0.25) is 4.79 Å². The van der Waals surface area contributed by atoms with E-state index < -0.39 is 0 Å². The van der Waals surface area contributed by atoms with Crippen molar-refractivity contribution in [2.24, 2.45) is 5.92 Å². The number of anilines is 1. The summed E-state index contributed by atoms with van der Waals surface area (Å²) >= 11 is 3.41. The van der Waals surface area contributed by atoms with E-state index in [-0.39, 0.29) is 11.8 Å². The number of hydrogen-bond acceptors (Lipinski definition) is 6. The molecule has 0 aliphatic carbocycles. The minimum Gasteiger partial charge on any atom is -0.355 e. The molecule has 136 valence electrons. The topological polar surface area (TPSA) is 58.1 Å². The number of aryl methyl sites for hydroxylation is 1. The van der Waals surface area contributed by atoms with Crippen LogP contribution in [0, 0.1) is 5.92 Å². The van der Waals surface area contributed by atoms with Crippen LogP contribution in [0.25, 0.3) is 10.2 Å². The van der Waals surface area contributed by atoms with E-state index in [4.69, 9.17) is 0 Å². The van der Waals surface area contributed by atoms with E-state index in [1.807, 2.05) is 11.4 Å². The van der Waals surface area contributed by atoms with Gasteiger partial charge in [-0.05, 0) is 36.8 Å². The van der Waals surface area contributed by atoms with E-state index in [1.165, 1.54) is 9.75 Å². The zero-order chi connectivity index (χ0) is 17.9. The monoisotopic (exact) mass is 386 g/mol. The fourth-order valence-electron chi connectivity index (χ4n) is 3.43. The number of piperidine rings is 1. The second-order valence-corrected chi connectivity index (χ2v) is 8.71. The van der Waals surface area contributed by atoms with Gasteiger partial charge in [-0.2, -0.15) is 0 Å². The Bertz CT molecular complexity index is 890. The van der Waals surface area contributed by atoms with Gasteiger partial charge in [0.2, 0.25) is 5.91 Å². The third-order valence-electron chi connectivity index (χ3n) is 4.82. The predicted molar refractivity (Wildman–Crippen MR) is 108 cm³/mol. The number of hydrogen-bond donors (Lipinski definition) is 1. The van der Waals surface area contributed by atoms with Crippen LogP contribution in [0.5, 0.6) is 0 Å². The third-order valence-corrected chi connectivity index (χ3v) is 6.88. The second-order valence-electron chi connectivity index (χ2n) is 6.56. The molecule has 26 heavy (non-hydrogen) atoms. The van der Waals surface area contributed by atoms with Gasteiger partial charge in [0.15, 0.2) is 0 Å². The number of aromatic nitrogens is 2. The Morgan fingerprint density at radius 2 is 2.31 bits per heavy atom. The van der Waals surface area contributed by atoms with Gasteiger partial charge in [0, 0.05) is 22.8 Å². The van der Waals surface area contributed by atoms with Crippen molar-refractivity contribution in [2.75, 3.05) is 18.0 Å². The highest BCUT2D eigenvalue weighted by atomic mass is 32.1. The quantitative estimate of drug-likeness (QED) is 0.724. The van der Waals surface area contributed by atoms with Gasteiger partial charge >= 0.3 is 0 Å². The molecule has 0 bridgehead atoms. The molecule has 1 saturated heterocycles. The lowest BCUT2D eigenvalue weighted by Gasteiger charge is -2.33. The van der Waals surface area contributed by atoms with Crippen molar-refractivity contribution in [1.29, 1.82) is 0 Å². The first-order valence-corrected chi connectivity index (χ1v) is 10.7. The van der Waals surface area contributed by atoms with Crippen molar-refractivity contribution in [3.63, 3.8) is 0 Å². The van der Waals surface area contributed by atoms with Gasteiger partial charge in [0.25, 0.3) is 0 Å². The average Bonchev–Trinajstić information content (AvgIpc) is 3.35. The van der Waals surface area contributed by atoms with Crippen LogP contribution in [0.2, 0.25) is 0 Å². The van der Waals surface area contributed by atoms with Gasteiger partial charge in [-0.25, -0.2) is 9.97 Å². The predicted octanol–water partition coefficient (Wildman–Crippen LogP) is 3.85. The summed E-state index contributed by atoms with van der Waals surface area (Å²) in [5, 5.41) is 6.25. The zero-order valence-corrected chi connectivity index (χ0v) is 16.4. The summed E-state index contributed by atoms with van der Waals surface area (Å²) in [6, 6.07) is 6.27. The molecule has 1 atom stereocenters. The normalized spacial score (nSPS) is 17.6. The van der Waals surface area contributed by atoms with Crippen molar-refractivity contribution in [1.82, 2.24) is 15.3 Å². The first-order chi connectivity index (χ1) is 12.7. The van der Waals surface area contributed by atoms with Crippen molar-refractivity contribution in [3.05, 3.63) is 39.7 Å². The lowest BCUT2D eigenvalue weighted by molar-refractivity contribution is -0.125. The number of thiophene rings is 2. The number of rotatable bonds is 5. The third kappa shape index (κ3) is 3.59. The average molecular weight is 387 g/mol. The molecule has 3 aromatic heterocycles. The molecule has 7 heteroatoms. The molecule has 4 rings (SSSR count). The molecule has 1 aliphatic rings. The Hall–Kier alpha value is -1.99. The molecule has 0 aromatic carbocycles. The molecule has 5 nitrogen and oxygen atoms in total. The van der Waals surface area contributed by atoms with Crippen molar-refractivity contribution < 1.29 is 4.79 Å². The first-order valence-electron chi connectivity index (χ1n) is 9.03. The maximum Gasteiger partial charge on any atom is 0.225 e. The highest BCUT2D eigenvalue weighted by molar-refractivity contribution is 7.18. The molecule has 1 amide bonds. The Kier molecular flexibility index (Phi) is 5.17. The lowest BCUT2D eigenvalue weighted by Crippen LogP contribution is -2.43. The highest BCUT2D eigenvalue weighted by Crippen LogP contribution is 2.32. The van der Waals surface area contributed by atoms with Crippen molar-refractivity contribution >= 4 is 44.6 Å². The van der Waals surface area contributed by atoms with Gasteiger partial charge in [0.05, 0.1) is 17.8 Å². The van der Waals surface area contributed by atoms with Crippen LogP contribution in [-0.4, -0.2) is 29.0 Å². The molecular weight excluding hydrogens is 364 g/mol. The Morgan fingerprint density at radius 3 is 3.12 bits per heavy atom. The SMILES string of the molecule is CCc1cc2c(N3CCCC(C(=O)NCc4cccs4)C3)ncnc2s1. The summed E-state index contributed by atoms with van der Waals surface area (Å²) in [5.41, 5.74) is 0. The number of nitrogens with one attached hydrogen (secondary N) is 1. The molecule has 3 aromatic rings. The molecular formula is C19H22N4OS2. The van der Waals surface area contributed by atoms with Crippen LogP contribution in [0.3, 0.4) is 0 Å². The van der Waals surface area contributed by atoms with Gasteiger partial charge in [0.1, 0.15) is 17.0 Å². The maximum atomic E-state index is 12.6. The summed E-state index contributed by atoms with van der Waals surface area (Å²) in [5.74, 6) is 1.13. The number of fused-ring (bicyclic) bond motifs is 1. The number of carbonyl (C=O) groups excluding carboxylic acids is 1. The Morgan fingerprint density at radius 1 is 1.38 bits per heavy atom. The summed E-state index contributed by atoms with van der Waals surface area (Å²) in [4.78, 5) is 27.4. The van der Waals surface area contributed by atoms with Crippen LogP contribution in [0.4, 0.5) is 5.82 Å². The first kappa shape index (κ1) is 17.4. The molecule has 1 fully saturated rings. The van der Waals surface area contributed by atoms with Crippen molar-refractivity contribution in [3.8, 4) is 0 Å². The van der Waals surface area contributed by atoms with Crippen LogP contribution < -0.4 is 10.2 Å². The Labute approximate surface area is 161 Å². The molecule has 0 saturated carbocycles. The summed E-state index contributed by atoms with van der Waals surface area (Å²) in [6.45, 7) is 4.44. The van der Waals surface area contributed by atoms with Gasteiger partial charge in [-0.15, -0.1) is 22.7 Å². The van der Waals surface area contributed by atoms with Crippen LogP contribution >= 0.6 is 22.7 Å². The summed E-state index contributed by atoms with van der Waals surface area (Å²) in [7, 11) is 0. The minimum atomic E-state index is 0.0120. The van der Waals surface area contributed by atoms with Gasteiger partial charge in [-0.1, -0.05) is 13.0 Å². The molecule has 0 radical (unpaired) electrons. The fourth-order valence-corrected chi connectivity index (χ4v) is 5.01. The van der Waals surface area contributed by atoms with Gasteiger partial charge < -0.3 is 10.2 Å². The number of nitrogens with zero attached hydrogens (tertiary/aromatic N) is 3. The van der Waals surface area contributed by atoms with E-state index in [0.717, 1.165) is 48.4 Å². The molecule has 0 spiro atoms. The maximum absolute atomic E-state index is 12.6. The van der Waals surface area contributed by atoms with E-state index in [2.05, 4.69) is 39.2 Å². The molecule has 1 aliphatic heterocycles. The van der Waals surface area contributed by atoms with Crippen molar-refractivity contribution in [2.45, 2.75) is 32.7 Å². The summed E-state index contributed by atoms with van der Waals surface area (Å²) in [6.07, 6.45) is 4.60. The van der Waals surface area contributed by atoms with Crippen LogP contribution in [-0.2, 0) is 17.8 Å². The Balaban J connectivity index is 1.48. The standard InChI is InChI=1S/C19H22N4OS2/c1-2-14-9-16-17(21-12-22-19(16)26-14)23-7-3-5-13(11-23)18(24)20-10-15-6-4-8-25-15/h4,6,8-9,12-13H,2-3,5,7,10-11H2,1H3,(H,20,24). The number of carbonyl (C=O) groups is 1. The molecule has 1 N–H and O–H groups in total. The van der Waals surface area contributed by atoms with E-state index in [1.54, 1.807) is 29.0 Å². The van der Waals surface area contributed by atoms with E-state index in [9.17, 15) is 4.79 Å². The minimum absolute atomic E-state index is 0.0120.